The highest BCUT2D eigenvalue weighted by Crippen LogP contribution is 2.43. The number of nitrogens with zero attached hydrogens (tertiary/aromatic N) is 3. The summed E-state index contributed by atoms with van der Waals surface area (Å²) in [6, 6.07) is 0. The van der Waals surface area contributed by atoms with Crippen LogP contribution < -0.4 is 10.6 Å². The van der Waals surface area contributed by atoms with Gasteiger partial charge in [0.05, 0.1) is 11.1 Å². The molecule has 39 heavy (non-hydrogen) atoms. The van der Waals surface area contributed by atoms with E-state index >= 15 is 0 Å². The maximum Gasteiger partial charge on any atom is 0.414 e. The van der Waals surface area contributed by atoms with E-state index in [4.69, 9.17) is 18.9 Å². The van der Waals surface area contributed by atoms with Crippen LogP contribution in [-0.2, 0) is 42.9 Å². The summed E-state index contributed by atoms with van der Waals surface area (Å²) in [4.78, 5) is 67.3. The second-order valence-corrected chi connectivity index (χ2v) is 8.81. The van der Waals surface area contributed by atoms with E-state index in [1.807, 2.05) is 0 Å². The molecule has 0 radical (unpaired) electrons. The number of carbonyl (C=O) groups excluding carboxylic acids is 5. The van der Waals surface area contributed by atoms with Gasteiger partial charge in [-0.1, -0.05) is 0 Å². The van der Waals surface area contributed by atoms with Crippen molar-refractivity contribution in [3.8, 4) is 0 Å². The van der Waals surface area contributed by atoms with Gasteiger partial charge < -0.3 is 38.7 Å². The molecule has 0 bridgehead atoms. The van der Waals surface area contributed by atoms with E-state index in [1.165, 1.54) is 30.9 Å². The molecule has 0 saturated carbocycles. The van der Waals surface area contributed by atoms with E-state index in [0.717, 1.165) is 19.9 Å². The first-order chi connectivity index (χ1) is 18.4. The molecule has 16 nitrogen and oxygen atoms in total. The Hall–Kier alpha value is -4.57. The Balaban J connectivity index is 1.74. The van der Waals surface area contributed by atoms with Crippen LogP contribution in [0.15, 0.2) is 18.6 Å². The molecule has 208 valence electrons. The fraction of sp³-hybridized carbons (Fsp3) is 0.435. The van der Waals surface area contributed by atoms with Crippen molar-refractivity contribution in [3.63, 3.8) is 0 Å². The first-order valence-electron chi connectivity index (χ1n) is 11.5. The number of aliphatic hydroxyl groups is 1. The summed E-state index contributed by atoms with van der Waals surface area (Å²) in [7, 11) is 0. The van der Waals surface area contributed by atoms with E-state index in [0.29, 0.717) is 0 Å². The highest BCUT2D eigenvalue weighted by Gasteiger charge is 2.56. The third-order valence-electron chi connectivity index (χ3n) is 5.82. The molecule has 4 atom stereocenters. The minimum Gasteiger partial charge on any atom is -0.463 e. The van der Waals surface area contributed by atoms with Crippen LogP contribution >= 0.6 is 0 Å². The van der Waals surface area contributed by atoms with Crippen molar-refractivity contribution in [2.75, 3.05) is 18.7 Å². The Morgan fingerprint density at radius 2 is 1.85 bits per heavy atom. The number of amides is 2. The Kier molecular flexibility index (Phi) is 7.51. The summed E-state index contributed by atoms with van der Waals surface area (Å²) in [5.74, 6) is -2.48. The molecule has 1 fully saturated rings. The van der Waals surface area contributed by atoms with Crippen molar-refractivity contribution in [3.05, 3.63) is 24.2 Å². The minimum absolute atomic E-state index is 0.0248. The number of esters is 3. The largest absolute Gasteiger partial charge is 0.463 e. The van der Waals surface area contributed by atoms with Gasteiger partial charge in [-0.05, 0) is 6.92 Å². The molecular weight excluding hydrogens is 522 g/mol. The lowest BCUT2D eigenvalue weighted by molar-refractivity contribution is -0.163. The van der Waals surface area contributed by atoms with E-state index in [-0.39, 0.29) is 34.7 Å². The zero-order valence-electron chi connectivity index (χ0n) is 21.2. The average molecular weight is 547 g/mol. The molecule has 2 amide bonds. The first-order valence-corrected chi connectivity index (χ1v) is 11.5. The molecule has 4 heterocycles. The SMILES string of the molecule is CC(=O)OCOC(=O)NC1=CC(=O)Nc2ncnc3c2c1cn3C1OC(COC(C)=O)C(OC(C)=O)C1(C)O. The van der Waals surface area contributed by atoms with E-state index in [1.54, 1.807) is 0 Å². The minimum atomic E-state index is -1.86. The molecule has 3 N–H and O–H groups in total. The third kappa shape index (κ3) is 5.65. The Morgan fingerprint density at radius 3 is 2.51 bits per heavy atom. The fourth-order valence-corrected chi connectivity index (χ4v) is 4.28. The summed E-state index contributed by atoms with van der Waals surface area (Å²) in [6.07, 6.45) is -0.860. The van der Waals surface area contributed by atoms with Crippen molar-refractivity contribution in [2.24, 2.45) is 0 Å². The van der Waals surface area contributed by atoms with Gasteiger partial charge in [-0.25, -0.2) is 14.8 Å². The van der Waals surface area contributed by atoms with Gasteiger partial charge in [-0.3, -0.25) is 24.5 Å². The smallest absolute Gasteiger partial charge is 0.414 e. The standard InChI is InChI=1S/C23H25N5O11/c1-10(29)35-7-15-18(38-12(3)31)23(4,34)21(39-15)28-6-13-14(26-22(33)37-9-36-11(2)30)5-16(32)27-19-17(13)20(28)25-8-24-19/h5-6,8,15,18,21,34H,7,9H2,1-4H3,(H,26,33)(H,24,25,27,32). The highest BCUT2D eigenvalue weighted by atomic mass is 16.7. The van der Waals surface area contributed by atoms with Gasteiger partial charge in [0, 0.05) is 38.6 Å². The Labute approximate surface area is 220 Å². The van der Waals surface area contributed by atoms with Crippen molar-refractivity contribution in [1.82, 2.24) is 19.9 Å². The summed E-state index contributed by atoms with van der Waals surface area (Å²) in [5, 5.41) is 16.8. The summed E-state index contributed by atoms with van der Waals surface area (Å²) in [5.41, 5.74) is -1.46. The molecule has 2 aliphatic heterocycles. The second-order valence-electron chi connectivity index (χ2n) is 8.81. The second kappa shape index (κ2) is 10.7. The Morgan fingerprint density at radius 1 is 1.13 bits per heavy atom. The molecule has 0 aliphatic carbocycles. The molecule has 2 aromatic rings. The monoisotopic (exact) mass is 547 g/mol. The van der Waals surface area contributed by atoms with Crippen molar-refractivity contribution >= 4 is 52.5 Å². The summed E-state index contributed by atoms with van der Waals surface area (Å²) < 4.78 is 27.2. The van der Waals surface area contributed by atoms with Crippen LogP contribution in [0.3, 0.4) is 0 Å². The van der Waals surface area contributed by atoms with Gasteiger partial charge in [-0.2, -0.15) is 0 Å². The average Bonchev–Trinajstić information content (AvgIpc) is 3.27. The van der Waals surface area contributed by atoms with Crippen LogP contribution in [0.2, 0.25) is 0 Å². The lowest BCUT2D eigenvalue weighted by Crippen LogP contribution is -2.47. The number of anilines is 1. The molecule has 4 unspecified atom stereocenters. The fourth-order valence-electron chi connectivity index (χ4n) is 4.28. The van der Waals surface area contributed by atoms with Gasteiger partial charge >= 0.3 is 24.0 Å². The normalized spacial score (nSPS) is 23.8. The van der Waals surface area contributed by atoms with E-state index in [9.17, 15) is 29.1 Å². The van der Waals surface area contributed by atoms with E-state index < -0.39 is 60.7 Å². The molecule has 2 aliphatic rings. The molecule has 1 saturated heterocycles. The maximum atomic E-state index is 12.5. The van der Waals surface area contributed by atoms with Gasteiger partial charge in [-0.15, -0.1) is 0 Å². The summed E-state index contributed by atoms with van der Waals surface area (Å²) >= 11 is 0. The molecule has 4 rings (SSSR count). The van der Waals surface area contributed by atoms with Crippen LogP contribution in [0.5, 0.6) is 0 Å². The topological polar surface area (TPSA) is 206 Å². The molecular formula is C23H25N5O11. The number of aromatic nitrogens is 3. The van der Waals surface area contributed by atoms with Crippen LogP contribution in [0.4, 0.5) is 10.6 Å². The number of ether oxygens (including phenoxy) is 5. The lowest BCUT2D eigenvalue weighted by Gasteiger charge is -2.30. The zero-order chi connectivity index (χ0) is 28.5. The predicted octanol–water partition coefficient (Wildman–Crippen LogP) is 0.114. The van der Waals surface area contributed by atoms with Crippen molar-refractivity contribution in [2.45, 2.75) is 51.7 Å². The molecule has 0 aromatic carbocycles. The lowest BCUT2D eigenvalue weighted by atomic mass is 9.96. The first kappa shape index (κ1) is 27.5. The van der Waals surface area contributed by atoms with Gasteiger partial charge in [0.2, 0.25) is 6.79 Å². The zero-order valence-corrected chi connectivity index (χ0v) is 21.2. The number of hydrogen-bond donors (Lipinski definition) is 3. The van der Waals surface area contributed by atoms with Gasteiger partial charge in [0.15, 0.2) is 12.3 Å². The molecule has 2 aromatic heterocycles. The van der Waals surface area contributed by atoms with Gasteiger partial charge in [0.25, 0.3) is 5.91 Å². The number of rotatable bonds is 7. The molecule has 0 spiro atoms. The third-order valence-corrected chi connectivity index (χ3v) is 5.82. The molecule has 16 heteroatoms. The van der Waals surface area contributed by atoms with Crippen LogP contribution in [0, 0.1) is 0 Å². The van der Waals surface area contributed by atoms with Gasteiger partial charge in [0.1, 0.15) is 36.1 Å². The summed E-state index contributed by atoms with van der Waals surface area (Å²) in [6.45, 7) is 3.90. The van der Waals surface area contributed by atoms with Crippen LogP contribution in [-0.4, -0.2) is 80.8 Å². The number of carbonyl (C=O) groups is 5. The quantitative estimate of drug-likeness (QED) is 0.239. The Bertz CT molecular complexity index is 1380. The van der Waals surface area contributed by atoms with Crippen molar-refractivity contribution in [1.29, 1.82) is 0 Å². The maximum absolute atomic E-state index is 12.5. The number of hydrogen-bond acceptors (Lipinski definition) is 13. The number of alkyl carbamates (subject to hydrolysis) is 1. The van der Waals surface area contributed by atoms with E-state index in [2.05, 4.69) is 25.3 Å². The van der Waals surface area contributed by atoms with Crippen LogP contribution in [0.25, 0.3) is 16.7 Å². The van der Waals surface area contributed by atoms with Crippen molar-refractivity contribution < 1.29 is 52.8 Å². The predicted molar refractivity (Wildman–Crippen MR) is 127 cm³/mol. The highest BCUT2D eigenvalue weighted by molar-refractivity contribution is 6.14. The van der Waals surface area contributed by atoms with Crippen LogP contribution in [0.1, 0.15) is 39.5 Å². The number of nitrogens with one attached hydrogen (secondary N) is 2.